The maximum absolute atomic E-state index is 16.2. The van der Waals surface area contributed by atoms with Crippen LogP contribution >= 0.6 is 0 Å². The van der Waals surface area contributed by atoms with Gasteiger partial charge in [-0.15, -0.1) is 0 Å². The first kappa shape index (κ1) is 32.5. The maximum Gasteiger partial charge on any atom is 0.326 e. The lowest BCUT2D eigenvalue weighted by atomic mass is 9.90. The van der Waals surface area contributed by atoms with Crippen molar-refractivity contribution in [1.29, 1.82) is 0 Å². The lowest BCUT2D eigenvalue weighted by Crippen LogP contribution is -2.49. The minimum absolute atomic E-state index is 0.0130. The van der Waals surface area contributed by atoms with Crippen molar-refractivity contribution in [1.82, 2.24) is 29.5 Å². The van der Waals surface area contributed by atoms with Crippen LogP contribution in [0, 0.1) is 17.5 Å². The average Bonchev–Trinajstić information content (AvgIpc) is 3.50. The van der Waals surface area contributed by atoms with Crippen LogP contribution in [0.2, 0.25) is 0 Å². The number of nitrogen functional groups attached to an aromatic ring is 1. The number of nitrogens with two attached hydrogens (primary N) is 1. The largest absolute Gasteiger partial charge is 0.383 e. The molecule has 2 aromatic heterocycles. The molecule has 0 radical (unpaired) electrons. The summed E-state index contributed by atoms with van der Waals surface area (Å²) in [7, 11) is 2.16. The first-order valence-corrected chi connectivity index (χ1v) is 16.5. The first-order chi connectivity index (χ1) is 23.7. The molecule has 2 amide bonds. The van der Waals surface area contributed by atoms with Crippen LogP contribution in [0.4, 0.5) is 35.2 Å². The van der Waals surface area contributed by atoms with Crippen LogP contribution in [0.3, 0.4) is 0 Å². The Bertz CT molecular complexity index is 1950. The Hall–Kier alpha value is -5.01. The minimum Gasteiger partial charge on any atom is -0.383 e. The summed E-state index contributed by atoms with van der Waals surface area (Å²) in [5, 5.41) is 7.96. The number of aromatic nitrogens is 4. The number of carbonyl (C=O) groups excluding carboxylic acids is 1. The number of urea groups is 1. The van der Waals surface area contributed by atoms with Gasteiger partial charge in [-0.1, -0.05) is 36.4 Å². The molecule has 0 atom stereocenters. The Morgan fingerprint density at radius 1 is 0.898 bits per heavy atom. The standard InChI is InChI=1S/C36H38F3N9O/c1-45-15-17-46(18-16-45)26-9-11-27(12-10-26)48-35-32(34(40)41-22-42-35)33(44-48)24-7-14-31(29(39)19-24)47(21-23-5-3-2-4-6-23)36(49)43-30-13-8-25(37)20-28(30)38/h2-8,13-14,19-20,22,26-27H,9-12,15-18,21H2,1H3,(H,43,49)(H2,40,41,42). The Morgan fingerprint density at radius 2 is 1.63 bits per heavy atom. The average molecular weight is 670 g/mol. The fraction of sp³-hybridized carbons (Fsp3) is 0.333. The number of piperazine rings is 1. The van der Waals surface area contributed by atoms with Gasteiger partial charge in [0.1, 0.15) is 35.3 Å². The smallest absolute Gasteiger partial charge is 0.326 e. The Balaban J connectivity index is 1.18. The molecule has 0 unspecified atom stereocenters. The molecule has 0 spiro atoms. The molecule has 13 heteroatoms. The van der Waals surface area contributed by atoms with Crippen LogP contribution in [0.25, 0.3) is 22.3 Å². The first-order valence-electron chi connectivity index (χ1n) is 16.5. The van der Waals surface area contributed by atoms with Crippen molar-refractivity contribution < 1.29 is 18.0 Å². The van der Waals surface area contributed by atoms with Gasteiger partial charge in [-0.3, -0.25) is 9.80 Å². The zero-order valence-electron chi connectivity index (χ0n) is 27.2. The molecule has 3 heterocycles. The molecule has 49 heavy (non-hydrogen) atoms. The summed E-state index contributed by atoms with van der Waals surface area (Å²) in [6.45, 7) is 4.32. The van der Waals surface area contributed by atoms with Gasteiger partial charge in [-0.2, -0.15) is 5.10 Å². The topological polar surface area (TPSA) is 108 Å². The van der Waals surface area contributed by atoms with E-state index in [4.69, 9.17) is 10.8 Å². The molecule has 1 saturated heterocycles. The van der Waals surface area contributed by atoms with Crippen molar-refractivity contribution in [2.75, 3.05) is 49.2 Å². The zero-order valence-corrected chi connectivity index (χ0v) is 27.2. The number of likely N-dealkylation sites (N-methyl/N-ethyl adjacent to an activating group) is 1. The summed E-state index contributed by atoms with van der Waals surface area (Å²) in [5.41, 5.74) is 8.33. The van der Waals surface area contributed by atoms with E-state index in [9.17, 15) is 13.6 Å². The molecule has 254 valence electrons. The molecule has 3 aromatic carbocycles. The molecule has 1 aliphatic carbocycles. The van der Waals surface area contributed by atoms with E-state index >= 15 is 4.39 Å². The number of nitrogens with zero attached hydrogens (tertiary/aromatic N) is 7. The summed E-state index contributed by atoms with van der Waals surface area (Å²) in [4.78, 5) is 28.4. The minimum atomic E-state index is -0.945. The Morgan fingerprint density at radius 3 is 2.35 bits per heavy atom. The van der Waals surface area contributed by atoms with Gasteiger partial charge in [-0.05, 0) is 62.6 Å². The van der Waals surface area contributed by atoms with Gasteiger partial charge in [0.15, 0.2) is 5.65 Å². The lowest BCUT2D eigenvalue weighted by Gasteiger charge is -2.41. The molecular formula is C36H38F3N9O. The maximum atomic E-state index is 16.2. The number of fused-ring (bicyclic) bond motifs is 1. The quantitative estimate of drug-likeness (QED) is 0.205. The molecule has 0 bridgehead atoms. The van der Waals surface area contributed by atoms with Crippen molar-refractivity contribution in [3.05, 3.63) is 96.1 Å². The SMILES string of the molecule is CN1CCN(C2CCC(n3nc(-c4ccc(N(Cc5ccccc5)C(=O)Nc5ccc(F)cc5F)c(F)c4)c4c(N)ncnc43)CC2)CC1. The summed E-state index contributed by atoms with van der Waals surface area (Å²) in [6.07, 6.45) is 5.39. The van der Waals surface area contributed by atoms with Crippen molar-refractivity contribution in [2.24, 2.45) is 0 Å². The van der Waals surface area contributed by atoms with Crippen LogP contribution < -0.4 is 16.0 Å². The van der Waals surface area contributed by atoms with Gasteiger partial charge in [-0.25, -0.2) is 32.6 Å². The molecule has 1 saturated carbocycles. The molecule has 3 N–H and O–H groups in total. The predicted octanol–water partition coefficient (Wildman–Crippen LogP) is 6.46. The van der Waals surface area contributed by atoms with Crippen LogP contribution in [-0.4, -0.2) is 74.8 Å². The molecule has 7 rings (SSSR count). The summed E-state index contributed by atoms with van der Waals surface area (Å²) >= 11 is 0. The normalized spacial score (nSPS) is 18.9. The number of anilines is 3. The molecular weight excluding hydrogens is 631 g/mol. The van der Waals surface area contributed by atoms with Gasteiger partial charge < -0.3 is 16.0 Å². The number of rotatable bonds is 7. The number of nitrogens with one attached hydrogen (secondary N) is 1. The van der Waals surface area contributed by atoms with E-state index in [0.717, 1.165) is 69.6 Å². The van der Waals surface area contributed by atoms with E-state index in [1.54, 1.807) is 30.3 Å². The molecule has 2 fully saturated rings. The summed E-state index contributed by atoms with van der Waals surface area (Å²) < 4.78 is 46.1. The van der Waals surface area contributed by atoms with Crippen molar-refractivity contribution in [3.63, 3.8) is 0 Å². The van der Waals surface area contributed by atoms with Crippen molar-refractivity contribution in [3.8, 4) is 11.3 Å². The lowest BCUT2D eigenvalue weighted by molar-refractivity contribution is 0.0815. The molecule has 2 aliphatic rings. The second-order valence-corrected chi connectivity index (χ2v) is 12.8. The summed E-state index contributed by atoms with van der Waals surface area (Å²) in [6, 6.07) is 16.2. The van der Waals surface area contributed by atoms with E-state index in [-0.39, 0.29) is 29.8 Å². The second-order valence-electron chi connectivity index (χ2n) is 12.8. The van der Waals surface area contributed by atoms with Crippen molar-refractivity contribution >= 4 is 34.3 Å². The van der Waals surface area contributed by atoms with E-state index in [0.29, 0.717) is 34.4 Å². The van der Waals surface area contributed by atoms with Gasteiger partial charge in [0.25, 0.3) is 0 Å². The van der Waals surface area contributed by atoms with E-state index in [2.05, 4.69) is 32.1 Å². The van der Waals surface area contributed by atoms with E-state index in [1.165, 1.54) is 23.4 Å². The van der Waals surface area contributed by atoms with Crippen molar-refractivity contribution in [2.45, 2.75) is 44.3 Å². The Kier molecular flexibility index (Phi) is 9.19. The fourth-order valence-corrected chi connectivity index (χ4v) is 6.99. The third-order valence-electron chi connectivity index (χ3n) is 9.70. The van der Waals surface area contributed by atoms with Gasteiger partial charge in [0, 0.05) is 43.9 Å². The van der Waals surface area contributed by atoms with Crippen LogP contribution in [0.5, 0.6) is 0 Å². The Labute approximate surface area is 282 Å². The number of hydrogen-bond acceptors (Lipinski definition) is 7. The molecule has 5 aromatic rings. The second kappa shape index (κ2) is 13.8. The zero-order chi connectivity index (χ0) is 34.1. The van der Waals surface area contributed by atoms with E-state index < -0.39 is 23.5 Å². The highest BCUT2D eigenvalue weighted by Gasteiger charge is 2.31. The highest BCUT2D eigenvalue weighted by atomic mass is 19.1. The number of halogens is 3. The fourth-order valence-electron chi connectivity index (χ4n) is 6.99. The van der Waals surface area contributed by atoms with Crippen LogP contribution in [0.1, 0.15) is 37.3 Å². The third-order valence-corrected chi connectivity index (χ3v) is 9.70. The number of carbonyl (C=O) groups is 1. The van der Waals surface area contributed by atoms with Crippen LogP contribution in [-0.2, 0) is 6.54 Å². The van der Waals surface area contributed by atoms with Gasteiger partial charge in [0.2, 0.25) is 0 Å². The molecule has 1 aliphatic heterocycles. The number of amides is 2. The molecule has 10 nitrogen and oxygen atoms in total. The predicted molar refractivity (Wildman–Crippen MR) is 183 cm³/mol. The van der Waals surface area contributed by atoms with Gasteiger partial charge >= 0.3 is 6.03 Å². The summed E-state index contributed by atoms with van der Waals surface area (Å²) in [5.74, 6) is -2.18. The highest BCUT2D eigenvalue weighted by Crippen LogP contribution is 2.38. The highest BCUT2D eigenvalue weighted by molar-refractivity contribution is 6.02. The third kappa shape index (κ3) is 6.81. The van der Waals surface area contributed by atoms with E-state index in [1.807, 2.05) is 10.7 Å². The van der Waals surface area contributed by atoms with Crippen LogP contribution in [0.15, 0.2) is 73.1 Å². The monoisotopic (exact) mass is 669 g/mol. The number of hydrogen-bond donors (Lipinski definition) is 2. The number of benzene rings is 3. The van der Waals surface area contributed by atoms with Gasteiger partial charge in [0.05, 0.1) is 29.3 Å².